The Morgan fingerprint density at radius 1 is 1.16 bits per heavy atom. The molecule has 0 atom stereocenters. The first-order valence-corrected chi connectivity index (χ1v) is 5.94. The molecule has 0 radical (unpaired) electrons. The van der Waals surface area contributed by atoms with Crippen molar-refractivity contribution in [3.8, 4) is 11.3 Å². The molecule has 1 aromatic heterocycles. The van der Waals surface area contributed by atoms with Gasteiger partial charge in [-0.05, 0) is 6.92 Å². The highest BCUT2D eigenvalue weighted by Crippen LogP contribution is 2.29. The first kappa shape index (κ1) is 13.0. The Balaban J connectivity index is 2.62. The maximum atomic E-state index is 11.5. The van der Waals surface area contributed by atoms with Crippen molar-refractivity contribution in [3.05, 3.63) is 36.0 Å². The van der Waals surface area contributed by atoms with E-state index in [1.165, 1.54) is 18.5 Å². The molecule has 0 spiro atoms. The predicted molar refractivity (Wildman–Crippen MR) is 73.0 cm³/mol. The summed E-state index contributed by atoms with van der Waals surface area (Å²) in [5.74, 6) is -0.380. The normalized spacial score (nSPS) is 10.3. The minimum Gasteiger partial charge on any atom is -0.323 e. The third-order valence-electron chi connectivity index (χ3n) is 2.76. The smallest absolute Gasteiger partial charge is 0.244 e. The molecule has 1 heterocycles. The largest absolute Gasteiger partial charge is 0.323 e. The second-order valence-corrected chi connectivity index (χ2v) is 4.29. The van der Waals surface area contributed by atoms with Crippen LogP contribution in [0.15, 0.2) is 30.3 Å². The van der Waals surface area contributed by atoms with Gasteiger partial charge in [-0.1, -0.05) is 30.3 Å². The highest BCUT2D eigenvalue weighted by Gasteiger charge is 2.18. The second kappa shape index (κ2) is 5.06. The molecule has 0 saturated carbocycles. The van der Waals surface area contributed by atoms with Crippen LogP contribution in [0.4, 0.5) is 5.69 Å². The van der Waals surface area contributed by atoms with E-state index in [2.05, 4.69) is 10.4 Å². The lowest BCUT2D eigenvalue weighted by atomic mass is 10.1. The van der Waals surface area contributed by atoms with Crippen molar-refractivity contribution in [1.29, 1.82) is 0 Å². The van der Waals surface area contributed by atoms with Crippen molar-refractivity contribution in [1.82, 2.24) is 9.78 Å². The highest BCUT2D eigenvalue weighted by molar-refractivity contribution is 5.95. The SMILES string of the molecule is CC(=O)Nc1c(-c2ccccc2)nn(C(C)=O)c1C. The zero-order chi connectivity index (χ0) is 14.0. The molecule has 0 aliphatic carbocycles. The van der Waals surface area contributed by atoms with Crippen LogP contribution in [0, 0.1) is 6.92 Å². The summed E-state index contributed by atoms with van der Waals surface area (Å²) in [7, 11) is 0. The number of hydrogen-bond donors (Lipinski definition) is 1. The molecule has 0 bridgehead atoms. The van der Waals surface area contributed by atoms with Crippen molar-refractivity contribution in [2.45, 2.75) is 20.8 Å². The number of aromatic nitrogens is 2. The van der Waals surface area contributed by atoms with Crippen LogP contribution < -0.4 is 5.32 Å². The number of anilines is 1. The maximum absolute atomic E-state index is 11.5. The van der Waals surface area contributed by atoms with Crippen LogP contribution in [-0.4, -0.2) is 21.6 Å². The number of nitrogens with one attached hydrogen (secondary N) is 1. The van der Waals surface area contributed by atoms with Crippen molar-refractivity contribution in [3.63, 3.8) is 0 Å². The van der Waals surface area contributed by atoms with Crippen molar-refractivity contribution in [2.75, 3.05) is 5.32 Å². The first-order valence-electron chi connectivity index (χ1n) is 5.94. The molecule has 2 aromatic rings. The predicted octanol–water partition coefficient (Wildman–Crippen LogP) is 2.48. The van der Waals surface area contributed by atoms with E-state index in [4.69, 9.17) is 0 Å². The van der Waals surface area contributed by atoms with Crippen LogP contribution in [0.1, 0.15) is 24.3 Å². The minimum absolute atomic E-state index is 0.189. The summed E-state index contributed by atoms with van der Waals surface area (Å²) < 4.78 is 1.30. The maximum Gasteiger partial charge on any atom is 0.244 e. The first-order chi connectivity index (χ1) is 9.00. The molecule has 5 nitrogen and oxygen atoms in total. The van der Waals surface area contributed by atoms with Gasteiger partial charge in [-0.2, -0.15) is 5.10 Å². The molecular formula is C14H15N3O2. The Morgan fingerprint density at radius 3 is 2.32 bits per heavy atom. The van der Waals surface area contributed by atoms with Gasteiger partial charge in [-0.25, -0.2) is 4.68 Å². The lowest BCUT2D eigenvalue weighted by Gasteiger charge is -2.04. The summed E-state index contributed by atoms with van der Waals surface area (Å²) in [6.07, 6.45) is 0. The van der Waals surface area contributed by atoms with E-state index in [-0.39, 0.29) is 11.8 Å². The van der Waals surface area contributed by atoms with Gasteiger partial charge in [0.2, 0.25) is 11.8 Å². The summed E-state index contributed by atoms with van der Waals surface area (Å²) in [6.45, 7) is 4.62. The topological polar surface area (TPSA) is 64.0 Å². The van der Waals surface area contributed by atoms with Gasteiger partial charge in [-0.15, -0.1) is 0 Å². The molecule has 1 amide bonds. The minimum atomic E-state index is -0.191. The van der Waals surface area contributed by atoms with E-state index >= 15 is 0 Å². The number of hydrogen-bond acceptors (Lipinski definition) is 3. The van der Waals surface area contributed by atoms with Gasteiger partial charge in [-0.3, -0.25) is 9.59 Å². The number of rotatable bonds is 2. The molecule has 0 aliphatic rings. The summed E-state index contributed by atoms with van der Waals surface area (Å²) in [5.41, 5.74) is 2.66. The number of benzene rings is 1. The number of nitrogens with zero attached hydrogens (tertiary/aromatic N) is 2. The molecule has 0 fully saturated rings. The Bertz CT molecular complexity index is 630. The number of carbonyl (C=O) groups excluding carboxylic acids is 2. The van der Waals surface area contributed by atoms with Gasteiger partial charge < -0.3 is 5.32 Å². The molecule has 0 aliphatic heterocycles. The van der Waals surface area contributed by atoms with Crippen LogP contribution in [0.2, 0.25) is 0 Å². The fourth-order valence-electron chi connectivity index (χ4n) is 1.93. The van der Waals surface area contributed by atoms with Crippen LogP contribution in [0.25, 0.3) is 11.3 Å². The van der Waals surface area contributed by atoms with Crippen LogP contribution in [0.3, 0.4) is 0 Å². The van der Waals surface area contributed by atoms with E-state index in [0.29, 0.717) is 17.1 Å². The Hall–Kier alpha value is -2.43. The Labute approximate surface area is 111 Å². The van der Waals surface area contributed by atoms with Crippen molar-refractivity contribution < 1.29 is 9.59 Å². The third-order valence-corrected chi connectivity index (χ3v) is 2.76. The Kier molecular flexibility index (Phi) is 3.46. The lowest BCUT2D eigenvalue weighted by molar-refractivity contribution is -0.114. The van der Waals surface area contributed by atoms with E-state index in [0.717, 1.165) is 5.56 Å². The lowest BCUT2D eigenvalue weighted by Crippen LogP contribution is -2.11. The number of carbonyl (C=O) groups is 2. The summed E-state index contributed by atoms with van der Waals surface area (Å²) in [6, 6.07) is 9.44. The molecule has 0 unspecified atom stereocenters. The highest BCUT2D eigenvalue weighted by atomic mass is 16.2. The fourth-order valence-corrected chi connectivity index (χ4v) is 1.93. The molecule has 1 N–H and O–H groups in total. The van der Waals surface area contributed by atoms with Crippen molar-refractivity contribution in [2.24, 2.45) is 0 Å². The summed E-state index contributed by atoms with van der Waals surface area (Å²) >= 11 is 0. The molecule has 19 heavy (non-hydrogen) atoms. The van der Waals surface area contributed by atoms with Gasteiger partial charge >= 0.3 is 0 Å². The van der Waals surface area contributed by atoms with Crippen LogP contribution in [-0.2, 0) is 4.79 Å². The molecule has 1 aromatic carbocycles. The van der Waals surface area contributed by atoms with Gasteiger partial charge in [0.25, 0.3) is 0 Å². The fraction of sp³-hybridized carbons (Fsp3) is 0.214. The van der Waals surface area contributed by atoms with E-state index in [1.54, 1.807) is 6.92 Å². The zero-order valence-electron chi connectivity index (χ0n) is 11.1. The molecule has 0 saturated heterocycles. The van der Waals surface area contributed by atoms with Gasteiger partial charge in [0, 0.05) is 19.4 Å². The quantitative estimate of drug-likeness (QED) is 0.898. The van der Waals surface area contributed by atoms with Crippen LogP contribution >= 0.6 is 0 Å². The van der Waals surface area contributed by atoms with Gasteiger partial charge in [0.1, 0.15) is 5.69 Å². The molecule has 2 rings (SSSR count). The zero-order valence-corrected chi connectivity index (χ0v) is 11.1. The van der Waals surface area contributed by atoms with E-state index < -0.39 is 0 Å². The van der Waals surface area contributed by atoms with Crippen LogP contribution in [0.5, 0.6) is 0 Å². The third kappa shape index (κ3) is 2.54. The summed E-state index contributed by atoms with van der Waals surface area (Å²) in [5, 5.41) is 7.03. The monoisotopic (exact) mass is 257 g/mol. The van der Waals surface area contributed by atoms with Gasteiger partial charge in [0.15, 0.2) is 0 Å². The molecule has 5 heteroatoms. The number of amides is 1. The van der Waals surface area contributed by atoms with Crippen molar-refractivity contribution >= 4 is 17.5 Å². The van der Waals surface area contributed by atoms with E-state index in [9.17, 15) is 9.59 Å². The summed E-state index contributed by atoms with van der Waals surface area (Å²) in [4.78, 5) is 22.8. The molecular weight excluding hydrogens is 242 g/mol. The standard InChI is InChI=1S/C14H15N3O2/c1-9-13(15-10(2)18)14(16-17(9)11(3)19)12-7-5-4-6-8-12/h4-8H,1-3H3,(H,15,18). The Morgan fingerprint density at radius 2 is 1.79 bits per heavy atom. The molecule has 98 valence electrons. The van der Waals surface area contributed by atoms with Gasteiger partial charge in [0.05, 0.1) is 11.4 Å². The second-order valence-electron chi connectivity index (χ2n) is 4.29. The average molecular weight is 257 g/mol. The average Bonchev–Trinajstić information content (AvgIpc) is 2.68. The van der Waals surface area contributed by atoms with E-state index in [1.807, 2.05) is 30.3 Å².